The largest absolute Gasteiger partial charge is 0.411 e. The highest BCUT2D eigenvalue weighted by Crippen LogP contribution is 2.26. The van der Waals surface area contributed by atoms with Crippen LogP contribution in [-0.2, 0) is 4.79 Å². The second-order valence-corrected chi connectivity index (χ2v) is 7.90. The number of nitrogens with one attached hydrogen (secondary N) is 1. The van der Waals surface area contributed by atoms with Gasteiger partial charge in [0.25, 0.3) is 5.22 Å². The Morgan fingerprint density at radius 1 is 1.20 bits per heavy atom. The zero-order valence-corrected chi connectivity index (χ0v) is 15.9. The number of carbonyl (C=O) groups is 1. The number of thioether (sulfide) groups is 1. The predicted molar refractivity (Wildman–Crippen MR) is 99.5 cm³/mol. The molecular formula is C19H25N3O2S. The van der Waals surface area contributed by atoms with Crippen LogP contribution in [0.1, 0.15) is 43.7 Å². The average molecular weight is 359 g/mol. The number of rotatable bonds is 5. The van der Waals surface area contributed by atoms with Crippen LogP contribution in [0.25, 0.3) is 11.5 Å². The molecule has 0 bridgehead atoms. The topological polar surface area (TPSA) is 68.0 Å². The molecule has 6 heteroatoms. The van der Waals surface area contributed by atoms with E-state index in [2.05, 4.69) is 28.5 Å². The summed E-state index contributed by atoms with van der Waals surface area (Å²) in [5.74, 6) is 1.39. The molecule has 0 unspecified atom stereocenters. The van der Waals surface area contributed by atoms with Gasteiger partial charge in [-0.1, -0.05) is 48.7 Å². The van der Waals surface area contributed by atoms with Gasteiger partial charge in [-0.05, 0) is 44.7 Å². The van der Waals surface area contributed by atoms with Crippen LogP contribution in [-0.4, -0.2) is 27.9 Å². The molecule has 1 aromatic heterocycles. The van der Waals surface area contributed by atoms with Gasteiger partial charge in [-0.3, -0.25) is 4.79 Å². The van der Waals surface area contributed by atoms with E-state index in [9.17, 15) is 4.79 Å². The summed E-state index contributed by atoms with van der Waals surface area (Å²) < 4.78 is 5.70. The van der Waals surface area contributed by atoms with Crippen molar-refractivity contribution in [2.45, 2.75) is 57.7 Å². The van der Waals surface area contributed by atoms with Crippen molar-refractivity contribution in [1.29, 1.82) is 0 Å². The Hall–Kier alpha value is -1.82. The summed E-state index contributed by atoms with van der Waals surface area (Å²) in [7, 11) is 0. The minimum absolute atomic E-state index is 0.0369. The van der Waals surface area contributed by atoms with E-state index in [1.165, 1.54) is 31.0 Å². The van der Waals surface area contributed by atoms with Gasteiger partial charge in [0.15, 0.2) is 0 Å². The van der Waals surface area contributed by atoms with E-state index in [0.29, 0.717) is 28.8 Å². The first-order valence-electron chi connectivity index (χ1n) is 8.85. The molecule has 2 aromatic rings. The molecule has 1 saturated carbocycles. The van der Waals surface area contributed by atoms with E-state index >= 15 is 0 Å². The molecule has 0 radical (unpaired) electrons. The van der Waals surface area contributed by atoms with Gasteiger partial charge in [0, 0.05) is 11.6 Å². The average Bonchev–Trinajstić information content (AvgIpc) is 3.03. The number of amides is 1. The van der Waals surface area contributed by atoms with Gasteiger partial charge in [-0.2, -0.15) is 0 Å². The van der Waals surface area contributed by atoms with Crippen molar-refractivity contribution >= 4 is 17.7 Å². The smallest absolute Gasteiger partial charge is 0.277 e. The third kappa shape index (κ3) is 4.84. The lowest BCUT2D eigenvalue weighted by atomic mass is 9.86. The number of carbonyl (C=O) groups excluding carboxylic acids is 1. The molecular weight excluding hydrogens is 334 g/mol. The number of benzene rings is 1. The molecule has 1 amide bonds. The first-order chi connectivity index (χ1) is 12.0. The van der Waals surface area contributed by atoms with E-state index in [0.717, 1.165) is 23.1 Å². The minimum atomic E-state index is 0.0369. The third-order valence-electron chi connectivity index (χ3n) is 4.66. The maximum atomic E-state index is 12.2. The van der Waals surface area contributed by atoms with Crippen molar-refractivity contribution in [3.63, 3.8) is 0 Å². The summed E-state index contributed by atoms with van der Waals surface area (Å²) in [5, 5.41) is 11.7. The Balaban J connectivity index is 1.55. The first-order valence-corrected chi connectivity index (χ1v) is 9.84. The van der Waals surface area contributed by atoms with Crippen LogP contribution in [0, 0.1) is 19.8 Å². The van der Waals surface area contributed by atoms with Crippen molar-refractivity contribution < 1.29 is 9.21 Å². The second kappa shape index (κ2) is 8.04. The van der Waals surface area contributed by atoms with Crippen LogP contribution in [0.4, 0.5) is 0 Å². The Morgan fingerprint density at radius 2 is 1.92 bits per heavy atom. The van der Waals surface area contributed by atoms with Crippen molar-refractivity contribution in [3.05, 3.63) is 29.3 Å². The fourth-order valence-electron chi connectivity index (χ4n) is 3.39. The molecule has 1 heterocycles. The van der Waals surface area contributed by atoms with Gasteiger partial charge in [0.1, 0.15) is 0 Å². The molecule has 5 nitrogen and oxygen atoms in total. The highest BCUT2D eigenvalue weighted by Gasteiger charge is 2.23. The molecule has 1 aromatic carbocycles. The van der Waals surface area contributed by atoms with Crippen molar-refractivity contribution in [2.24, 2.45) is 5.92 Å². The van der Waals surface area contributed by atoms with E-state index in [1.54, 1.807) is 0 Å². The summed E-state index contributed by atoms with van der Waals surface area (Å²) in [5.41, 5.74) is 3.23. The van der Waals surface area contributed by atoms with E-state index in [-0.39, 0.29) is 5.91 Å². The number of nitrogens with zero attached hydrogens (tertiary/aromatic N) is 2. The van der Waals surface area contributed by atoms with Crippen LogP contribution < -0.4 is 5.32 Å². The Bertz CT molecular complexity index is 724. The van der Waals surface area contributed by atoms with Gasteiger partial charge in [-0.15, -0.1) is 10.2 Å². The highest BCUT2D eigenvalue weighted by atomic mass is 32.2. The number of hydrogen-bond donors (Lipinski definition) is 1. The van der Waals surface area contributed by atoms with Gasteiger partial charge < -0.3 is 9.73 Å². The third-order valence-corrected chi connectivity index (χ3v) is 5.48. The Labute approximate surface area is 153 Å². The molecule has 1 aliphatic rings. The molecule has 1 N–H and O–H groups in total. The molecule has 0 saturated heterocycles. The molecule has 3 rings (SSSR count). The molecule has 134 valence electrons. The van der Waals surface area contributed by atoms with Crippen molar-refractivity contribution in [1.82, 2.24) is 15.5 Å². The standard InChI is InChI=1S/C19H25N3O2S/c1-12-8-13(2)10-15(9-12)18-21-22-19(24-18)25-11-17(23)20-16-7-5-4-6-14(16)3/h8-10,14,16H,4-7,11H2,1-3H3,(H,20,23)/t14-,16+/m0/s1. The summed E-state index contributed by atoms with van der Waals surface area (Å²) in [6.45, 7) is 6.30. The molecule has 2 atom stereocenters. The molecule has 1 fully saturated rings. The normalized spacial score (nSPS) is 20.4. The summed E-state index contributed by atoms with van der Waals surface area (Å²) in [6, 6.07) is 6.44. The van der Waals surface area contributed by atoms with Crippen LogP contribution in [0.5, 0.6) is 0 Å². The molecule has 0 aliphatic heterocycles. The van der Waals surface area contributed by atoms with Crippen LogP contribution in [0.2, 0.25) is 0 Å². The zero-order chi connectivity index (χ0) is 17.8. The SMILES string of the molecule is Cc1cc(C)cc(-c2nnc(SCC(=O)N[C@@H]3CCCC[C@@H]3C)o2)c1. The lowest BCUT2D eigenvalue weighted by Gasteiger charge is -2.29. The number of aryl methyl sites for hydroxylation is 2. The maximum Gasteiger partial charge on any atom is 0.277 e. The summed E-state index contributed by atoms with van der Waals surface area (Å²) in [4.78, 5) is 12.2. The van der Waals surface area contributed by atoms with Gasteiger partial charge in [-0.25, -0.2) is 0 Å². The Morgan fingerprint density at radius 3 is 2.64 bits per heavy atom. The summed E-state index contributed by atoms with van der Waals surface area (Å²) in [6.07, 6.45) is 4.74. The highest BCUT2D eigenvalue weighted by molar-refractivity contribution is 7.99. The van der Waals surface area contributed by atoms with Gasteiger partial charge in [0.05, 0.1) is 5.75 Å². The van der Waals surface area contributed by atoms with Gasteiger partial charge >= 0.3 is 0 Å². The van der Waals surface area contributed by atoms with E-state index in [4.69, 9.17) is 4.42 Å². The minimum Gasteiger partial charge on any atom is -0.411 e. The number of hydrogen-bond acceptors (Lipinski definition) is 5. The fraction of sp³-hybridized carbons (Fsp3) is 0.526. The maximum absolute atomic E-state index is 12.2. The van der Waals surface area contributed by atoms with E-state index in [1.807, 2.05) is 26.0 Å². The van der Waals surface area contributed by atoms with Crippen LogP contribution in [0.3, 0.4) is 0 Å². The van der Waals surface area contributed by atoms with Crippen molar-refractivity contribution in [3.8, 4) is 11.5 Å². The molecule has 1 aliphatic carbocycles. The van der Waals surface area contributed by atoms with Crippen LogP contribution >= 0.6 is 11.8 Å². The fourth-order valence-corrected chi connectivity index (χ4v) is 3.96. The second-order valence-electron chi connectivity index (χ2n) is 6.97. The zero-order valence-electron chi connectivity index (χ0n) is 15.0. The predicted octanol–water partition coefficient (Wildman–Crippen LogP) is 4.14. The quantitative estimate of drug-likeness (QED) is 0.813. The lowest BCUT2D eigenvalue weighted by molar-refractivity contribution is -0.119. The van der Waals surface area contributed by atoms with Gasteiger partial charge in [0.2, 0.25) is 11.8 Å². The Kier molecular flexibility index (Phi) is 5.78. The van der Waals surface area contributed by atoms with Crippen LogP contribution in [0.15, 0.2) is 27.8 Å². The van der Waals surface area contributed by atoms with E-state index < -0.39 is 0 Å². The number of aromatic nitrogens is 2. The summed E-state index contributed by atoms with van der Waals surface area (Å²) >= 11 is 1.29. The molecule has 0 spiro atoms. The van der Waals surface area contributed by atoms with Crippen molar-refractivity contribution in [2.75, 3.05) is 5.75 Å². The lowest BCUT2D eigenvalue weighted by Crippen LogP contribution is -2.41. The monoisotopic (exact) mass is 359 g/mol. The first kappa shape index (κ1) is 18.0. The molecule has 25 heavy (non-hydrogen) atoms.